The fourth-order valence-electron chi connectivity index (χ4n) is 7.93. The number of phosphoric acid groups is 1. The van der Waals surface area contributed by atoms with E-state index in [9.17, 15) is 19.0 Å². The van der Waals surface area contributed by atoms with E-state index in [1.807, 2.05) is 0 Å². The smallest absolute Gasteiger partial charge is 0.462 e. The second kappa shape index (κ2) is 49.2. The summed E-state index contributed by atoms with van der Waals surface area (Å²) >= 11 is 0. The Bertz CT molecular complexity index is 1030. The van der Waals surface area contributed by atoms with Gasteiger partial charge in [-0.15, -0.1) is 0 Å². The molecule has 0 aliphatic heterocycles. The van der Waals surface area contributed by atoms with Crippen molar-refractivity contribution in [2.45, 2.75) is 283 Å². The Hall–Kier alpha value is -1.25. The summed E-state index contributed by atoms with van der Waals surface area (Å²) in [5.74, 6) is -0.821. The van der Waals surface area contributed by atoms with Crippen LogP contribution in [0, 0.1) is 0 Å². The van der Waals surface area contributed by atoms with Gasteiger partial charge in [-0.3, -0.25) is 18.6 Å². The third-order valence-corrected chi connectivity index (χ3v) is 12.9. The number of unbranched alkanes of at least 4 members (excludes halogenated alkanes) is 36. The molecule has 0 saturated carbocycles. The van der Waals surface area contributed by atoms with Crippen LogP contribution in [0.1, 0.15) is 277 Å². The molecule has 0 aromatic rings. The summed E-state index contributed by atoms with van der Waals surface area (Å²) in [7, 11) is -4.38. The van der Waals surface area contributed by atoms with Crippen LogP contribution in [0.15, 0.2) is 12.2 Å². The van der Waals surface area contributed by atoms with Gasteiger partial charge < -0.3 is 20.1 Å². The van der Waals surface area contributed by atoms with Gasteiger partial charge in [-0.2, -0.15) is 0 Å². The van der Waals surface area contributed by atoms with Crippen molar-refractivity contribution in [1.82, 2.24) is 0 Å². The number of carbonyl (C=O) groups is 2. The molecule has 10 heteroatoms. The van der Waals surface area contributed by atoms with Gasteiger partial charge in [-0.25, -0.2) is 4.57 Å². The fraction of sp³-hybridized carbons (Fsp3) is 0.923. The van der Waals surface area contributed by atoms with Crippen molar-refractivity contribution in [3.8, 4) is 0 Å². The summed E-state index contributed by atoms with van der Waals surface area (Å²) in [5.41, 5.74) is 5.37. The van der Waals surface area contributed by atoms with Crippen LogP contribution in [0.3, 0.4) is 0 Å². The molecule has 0 aromatic heterocycles. The summed E-state index contributed by atoms with van der Waals surface area (Å²) < 4.78 is 32.9. The molecule has 9 nitrogen and oxygen atoms in total. The Labute approximate surface area is 383 Å². The monoisotopic (exact) mass is 900 g/mol. The molecule has 0 fully saturated rings. The summed E-state index contributed by atoms with van der Waals surface area (Å²) in [6.07, 6.45) is 54.1. The summed E-state index contributed by atoms with van der Waals surface area (Å²) in [4.78, 5) is 35.0. The molecular weight excluding hydrogens is 798 g/mol. The van der Waals surface area contributed by atoms with Gasteiger partial charge in [0.05, 0.1) is 13.2 Å². The van der Waals surface area contributed by atoms with Gasteiger partial charge >= 0.3 is 19.8 Å². The van der Waals surface area contributed by atoms with Gasteiger partial charge in [0.15, 0.2) is 6.10 Å². The number of esters is 2. The molecule has 0 rings (SSSR count). The highest BCUT2D eigenvalue weighted by Gasteiger charge is 2.26. The van der Waals surface area contributed by atoms with Crippen LogP contribution in [0.2, 0.25) is 0 Å². The Kier molecular flexibility index (Phi) is 48.2. The molecule has 368 valence electrons. The van der Waals surface area contributed by atoms with Crippen molar-refractivity contribution < 1.29 is 37.6 Å². The van der Waals surface area contributed by atoms with Crippen LogP contribution < -0.4 is 5.73 Å². The first-order chi connectivity index (χ1) is 30.3. The second-order valence-corrected chi connectivity index (χ2v) is 19.6. The lowest BCUT2D eigenvalue weighted by molar-refractivity contribution is -0.161. The number of ether oxygens (including phenoxy) is 2. The highest BCUT2D eigenvalue weighted by molar-refractivity contribution is 7.47. The van der Waals surface area contributed by atoms with Gasteiger partial charge in [-0.05, 0) is 38.5 Å². The Balaban J connectivity index is 3.94. The number of hydrogen-bond acceptors (Lipinski definition) is 8. The summed E-state index contributed by atoms with van der Waals surface area (Å²) in [6.45, 7) is 3.78. The Morgan fingerprint density at radius 1 is 0.468 bits per heavy atom. The predicted octanol–water partition coefficient (Wildman–Crippen LogP) is 16.1. The molecule has 0 bridgehead atoms. The lowest BCUT2D eigenvalue weighted by Gasteiger charge is -2.19. The number of nitrogens with two attached hydrogens (primary N) is 1. The van der Waals surface area contributed by atoms with Crippen LogP contribution in [0.4, 0.5) is 0 Å². The van der Waals surface area contributed by atoms with E-state index in [1.54, 1.807) is 0 Å². The molecule has 0 amide bonds. The van der Waals surface area contributed by atoms with Gasteiger partial charge in [-0.1, -0.05) is 238 Å². The molecular formula is C52H102NO8P. The van der Waals surface area contributed by atoms with E-state index in [0.717, 1.165) is 51.4 Å². The van der Waals surface area contributed by atoms with E-state index in [-0.39, 0.29) is 38.6 Å². The fourth-order valence-corrected chi connectivity index (χ4v) is 8.69. The van der Waals surface area contributed by atoms with Crippen molar-refractivity contribution >= 4 is 19.8 Å². The molecule has 0 aliphatic carbocycles. The van der Waals surface area contributed by atoms with E-state index in [2.05, 4.69) is 26.0 Å². The van der Waals surface area contributed by atoms with Crippen molar-refractivity contribution in [3.05, 3.63) is 12.2 Å². The molecule has 0 radical (unpaired) electrons. The van der Waals surface area contributed by atoms with Crippen LogP contribution in [-0.4, -0.2) is 49.3 Å². The molecule has 2 unspecified atom stereocenters. The van der Waals surface area contributed by atoms with Gasteiger partial charge in [0, 0.05) is 19.4 Å². The maximum atomic E-state index is 12.6. The number of hydrogen-bond donors (Lipinski definition) is 2. The van der Waals surface area contributed by atoms with E-state index < -0.39 is 26.5 Å². The molecule has 0 aliphatic rings. The Morgan fingerprint density at radius 3 is 1.15 bits per heavy atom. The third kappa shape index (κ3) is 48.2. The van der Waals surface area contributed by atoms with E-state index >= 15 is 0 Å². The number of rotatable bonds is 51. The first-order valence-corrected chi connectivity index (χ1v) is 28.2. The van der Waals surface area contributed by atoms with Crippen LogP contribution in [0.25, 0.3) is 0 Å². The standard InChI is InChI=1S/C52H102NO8P/c1-3-5-7-9-11-13-15-17-19-21-22-23-24-25-26-27-28-29-31-32-34-36-38-40-42-44-51(54)58-48-50(49-60-62(56,57)59-47-46-53)61-52(55)45-43-41-39-37-35-33-30-20-18-16-14-12-10-8-6-4-2/h20,30,50H,3-19,21-29,31-49,53H2,1-2H3,(H,56,57)/b30-20-. The average Bonchev–Trinajstić information content (AvgIpc) is 3.26. The van der Waals surface area contributed by atoms with Crippen LogP contribution in [0.5, 0.6) is 0 Å². The lowest BCUT2D eigenvalue weighted by Crippen LogP contribution is -2.29. The van der Waals surface area contributed by atoms with E-state index in [1.165, 1.54) is 193 Å². The topological polar surface area (TPSA) is 134 Å². The van der Waals surface area contributed by atoms with Gasteiger partial charge in [0.2, 0.25) is 0 Å². The summed E-state index contributed by atoms with van der Waals surface area (Å²) in [6, 6.07) is 0. The zero-order valence-corrected chi connectivity index (χ0v) is 41.8. The minimum Gasteiger partial charge on any atom is -0.462 e. The van der Waals surface area contributed by atoms with E-state index in [0.29, 0.717) is 6.42 Å². The predicted molar refractivity (Wildman–Crippen MR) is 261 cm³/mol. The largest absolute Gasteiger partial charge is 0.472 e. The van der Waals surface area contributed by atoms with Crippen LogP contribution >= 0.6 is 7.82 Å². The molecule has 62 heavy (non-hydrogen) atoms. The highest BCUT2D eigenvalue weighted by atomic mass is 31.2. The highest BCUT2D eigenvalue weighted by Crippen LogP contribution is 2.43. The quantitative estimate of drug-likeness (QED) is 0.0265. The van der Waals surface area contributed by atoms with Crippen molar-refractivity contribution in [2.75, 3.05) is 26.4 Å². The molecule has 0 saturated heterocycles. The maximum absolute atomic E-state index is 12.6. The van der Waals surface area contributed by atoms with Gasteiger partial charge in [0.1, 0.15) is 6.61 Å². The molecule has 2 atom stereocenters. The molecule has 0 heterocycles. The minimum absolute atomic E-state index is 0.0551. The molecule has 0 spiro atoms. The van der Waals surface area contributed by atoms with Crippen LogP contribution in [-0.2, 0) is 32.7 Å². The zero-order chi connectivity index (χ0) is 45.3. The number of carbonyl (C=O) groups excluding carboxylic acids is 2. The van der Waals surface area contributed by atoms with Gasteiger partial charge in [0.25, 0.3) is 0 Å². The maximum Gasteiger partial charge on any atom is 0.472 e. The SMILES string of the molecule is CCCCCCCCC/C=C\CCCCCCCC(=O)OC(COC(=O)CCCCCCCCCCCCCCCCCCCCCCCCCCC)COP(=O)(O)OCCN. The van der Waals surface area contributed by atoms with Crippen molar-refractivity contribution in [2.24, 2.45) is 5.73 Å². The zero-order valence-electron chi connectivity index (χ0n) is 40.9. The number of phosphoric ester groups is 1. The number of allylic oxidation sites excluding steroid dienone is 2. The molecule has 3 N–H and O–H groups in total. The van der Waals surface area contributed by atoms with E-state index in [4.69, 9.17) is 24.3 Å². The van der Waals surface area contributed by atoms with Crippen molar-refractivity contribution in [1.29, 1.82) is 0 Å². The first-order valence-electron chi connectivity index (χ1n) is 26.7. The summed E-state index contributed by atoms with van der Waals surface area (Å²) in [5, 5.41) is 0. The first kappa shape index (κ1) is 60.8. The normalized spacial score (nSPS) is 13.2. The molecule has 0 aromatic carbocycles. The lowest BCUT2D eigenvalue weighted by atomic mass is 10.0. The third-order valence-electron chi connectivity index (χ3n) is 11.9. The minimum atomic E-state index is -4.38. The second-order valence-electron chi connectivity index (χ2n) is 18.1. The average molecular weight is 900 g/mol. The Morgan fingerprint density at radius 2 is 0.790 bits per heavy atom. The van der Waals surface area contributed by atoms with Crippen molar-refractivity contribution in [3.63, 3.8) is 0 Å².